The highest BCUT2D eigenvalue weighted by molar-refractivity contribution is 6.39. The summed E-state index contributed by atoms with van der Waals surface area (Å²) in [6.45, 7) is 13.0. The highest BCUT2D eigenvalue weighted by Gasteiger charge is 2.53. The summed E-state index contributed by atoms with van der Waals surface area (Å²) in [6, 6.07) is 8.06. The number of hydrogen-bond acceptors (Lipinski definition) is 13. The number of methoxy groups -OCH3 is 1. The molecule has 0 aromatic heterocycles. The number of allylic oxidation sites excluding steroid dienone is 4. The van der Waals surface area contributed by atoms with E-state index in [1.54, 1.807) is 34.0 Å². The van der Waals surface area contributed by atoms with E-state index in [2.05, 4.69) is 0 Å². The Labute approximate surface area is 399 Å². The molecule has 1 aromatic rings. The number of aliphatic hydroxyl groups excluding tert-OH is 3. The number of carbonyl (C=O) groups excluding carboxylic acids is 4. The van der Waals surface area contributed by atoms with Gasteiger partial charge in [0.15, 0.2) is 0 Å². The highest BCUT2D eigenvalue weighted by Crippen LogP contribution is 2.38. The Morgan fingerprint density at radius 1 is 0.970 bits per heavy atom. The molecule has 1 amide bonds. The minimum absolute atomic E-state index is 0.00355. The summed E-state index contributed by atoms with van der Waals surface area (Å²) in [5.74, 6) is -6.94. The zero-order valence-corrected chi connectivity index (χ0v) is 41.3. The van der Waals surface area contributed by atoms with Gasteiger partial charge in [0.2, 0.25) is 5.79 Å². The lowest BCUT2D eigenvalue weighted by molar-refractivity contribution is -0.266. The van der Waals surface area contributed by atoms with Crippen LogP contribution in [0.5, 0.6) is 0 Å². The Morgan fingerprint density at radius 2 is 1.70 bits per heavy atom. The van der Waals surface area contributed by atoms with E-state index in [-0.39, 0.29) is 75.5 Å². The Bertz CT molecular complexity index is 1820. The maximum Gasteiger partial charge on any atom is 0.329 e. The predicted molar refractivity (Wildman–Crippen MR) is 254 cm³/mol. The molecular formula is C53H81NO13. The van der Waals surface area contributed by atoms with Crippen molar-refractivity contribution in [2.45, 2.75) is 180 Å². The second kappa shape index (κ2) is 27.6. The number of ether oxygens (including phenoxy) is 5. The smallest absolute Gasteiger partial charge is 0.329 e. The topological polar surface area (TPSA) is 199 Å². The average molecular weight is 940 g/mol. The van der Waals surface area contributed by atoms with Crippen molar-refractivity contribution in [1.29, 1.82) is 0 Å². The summed E-state index contributed by atoms with van der Waals surface area (Å²) >= 11 is 0. The normalized spacial score (nSPS) is 28.0. The molecule has 4 rings (SSSR count). The first-order valence-electron chi connectivity index (χ1n) is 24.7. The predicted octanol–water partition coefficient (Wildman–Crippen LogP) is 6.91. The van der Waals surface area contributed by atoms with Gasteiger partial charge in [0.05, 0.1) is 50.3 Å². The molecule has 0 spiro atoms. The lowest BCUT2D eigenvalue weighted by Gasteiger charge is -2.43. The summed E-state index contributed by atoms with van der Waals surface area (Å²) < 4.78 is 30.4. The fourth-order valence-electron chi connectivity index (χ4n) is 9.78. The van der Waals surface area contributed by atoms with Gasteiger partial charge in [-0.1, -0.05) is 82.3 Å². The van der Waals surface area contributed by atoms with Crippen molar-refractivity contribution in [1.82, 2.24) is 4.90 Å². The highest BCUT2D eigenvalue weighted by atomic mass is 16.6. The molecule has 1 aliphatic carbocycles. The third-order valence-electron chi connectivity index (χ3n) is 14.2. The minimum atomic E-state index is -2.47. The third kappa shape index (κ3) is 16.0. The minimum Gasteiger partial charge on any atom is -0.460 e. The van der Waals surface area contributed by atoms with Gasteiger partial charge in [-0.05, 0) is 114 Å². The average Bonchev–Trinajstić information content (AvgIpc) is 3.33. The summed E-state index contributed by atoms with van der Waals surface area (Å²) in [6.07, 6.45) is 9.17. The molecule has 2 saturated heterocycles. The number of aliphatic hydroxyl groups is 4. The number of Topliss-reactive ketones (excluding diaryl/α,β-unsaturated/α-hetero) is 2. The summed E-state index contributed by atoms with van der Waals surface area (Å²) in [5.41, 5.74) is 2.24. The van der Waals surface area contributed by atoms with E-state index in [9.17, 15) is 39.6 Å². The van der Waals surface area contributed by atoms with Gasteiger partial charge in [0, 0.05) is 38.3 Å². The van der Waals surface area contributed by atoms with Crippen LogP contribution in [0.3, 0.4) is 0 Å². The second-order valence-corrected chi connectivity index (χ2v) is 19.2. The second-order valence-electron chi connectivity index (χ2n) is 19.2. The standard InChI is InChI=1S/C53H81NO13/c1-9-11-17-34(3)47(65-33-45(58)40-18-13-12-14-19-40)31-41-23-21-38(7)53(62,67-41)50(59)51(60)54-25-16-15-20-42(54)52(61)66-48(32-44(57)36(5)28-35(4)43(56)10-2)37(6)29-39-22-24-46(64-27-26-55)49(30-39)63-8/h9,11-14,17-19,28,36-39,41-43,45-49,55-56,58,62H,10,15-16,20-27,29-33H2,1-8H3/b11-9+,34-17+,35-28+/t36-,37-,38-,39+,41+,42?,43+,45+,46-,47?,48+,49-,53-/m1/s1. The first kappa shape index (κ1) is 56.0. The fraction of sp³-hybridized carbons (Fsp3) is 0.698. The number of benzene rings is 1. The van der Waals surface area contributed by atoms with Crippen molar-refractivity contribution in [3.8, 4) is 0 Å². The number of nitrogens with zero attached hydrogens (tertiary/aromatic N) is 1. The molecule has 13 atom stereocenters. The molecule has 0 radical (unpaired) electrons. The summed E-state index contributed by atoms with van der Waals surface area (Å²) in [7, 11) is 1.64. The molecular weight excluding hydrogens is 859 g/mol. The Hall–Kier alpha value is -3.60. The van der Waals surface area contributed by atoms with Crippen LogP contribution >= 0.6 is 0 Å². The molecule has 3 fully saturated rings. The van der Waals surface area contributed by atoms with E-state index in [4.69, 9.17) is 23.7 Å². The molecule has 1 aromatic carbocycles. The number of esters is 1. The van der Waals surface area contributed by atoms with E-state index in [0.717, 1.165) is 18.4 Å². The Morgan fingerprint density at radius 3 is 2.37 bits per heavy atom. The Balaban J connectivity index is 1.52. The fourth-order valence-corrected chi connectivity index (χ4v) is 9.78. The number of rotatable bonds is 25. The van der Waals surface area contributed by atoms with E-state index in [0.29, 0.717) is 56.1 Å². The van der Waals surface area contributed by atoms with Gasteiger partial charge in [-0.3, -0.25) is 14.4 Å². The van der Waals surface area contributed by atoms with Crippen LogP contribution in [-0.4, -0.2) is 131 Å². The van der Waals surface area contributed by atoms with E-state index in [1.165, 1.54) is 4.90 Å². The van der Waals surface area contributed by atoms with Crippen LogP contribution in [0.4, 0.5) is 0 Å². The van der Waals surface area contributed by atoms with Crippen molar-refractivity contribution in [3.05, 3.63) is 71.3 Å². The van der Waals surface area contributed by atoms with E-state index >= 15 is 0 Å². The monoisotopic (exact) mass is 940 g/mol. The molecule has 4 N–H and O–H groups in total. The zero-order chi connectivity index (χ0) is 49.3. The van der Waals surface area contributed by atoms with E-state index < -0.39 is 71.8 Å². The van der Waals surface area contributed by atoms with Gasteiger partial charge in [0.25, 0.3) is 11.7 Å². The van der Waals surface area contributed by atoms with Crippen LogP contribution in [0.2, 0.25) is 0 Å². The molecule has 2 unspecified atom stereocenters. The molecule has 0 bridgehead atoms. The number of piperidine rings is 1. The SMILES string of the molecule is C/C=C/C=C(\C)C(C[C@@H]1CC[C@@H](C)[C@](O)(C(=O)C(=O)N2CCCCC2C(=O)O[C@@H](CC(=O)[C@H](C)/C=C(\C)[C@@H](O)CC)[C@H](C)C[C@@H]2CC[C@@H](OCCO)[C@H](OC)C2)O1)OC[C@H](O)c1ccccc1. The van der Waals surface area contributed by atoms with Gasteiger partial charge < -0.3 is 49.0 Å². The summed E-state index contributed by atoms with van der Waals surface area (Å²) in [4.78, 5) is 58.1. The van der Waals surface area contributed by atoms with Gasteiger partial charge in [-0.25, -0.2) is 4.79 Å². The number of carbonyl (C=O) groups is 4. The van der Waals surface area contributed by atoms with Crippen molar-refractivity contribution < 1.29 is 63.3 Å². The van der Waals surface area contributed by atoms with Crippen LogP contribution in [0.1, 0.15) is 137 Å². The maximum absolute atomic E-state index is 14.4. The number of amides is 1. The van der Waals surface area contributed by atoms with Crippen molar-refractivity contribution in [3.63, 3.8) is 0 Å². The van der Waals surface area contributed by atoms with Crippen molar-refractivity contribution in [2.75, 3.05) is 33.5 Å². The quantitative estimate of drug-likeness (QED) is 0.0342. The first-order valence-corrected chi connectivity index (χ1v) is 24.7. The van der Waals surface area contributed by atoms with Crippen molar-refractivity contribution >= 4 is 23.4 Å². The molecule has 14 heteroatoms. The molecule has 67 heavy (non-hydrogen) atoms. The summed E-state index contributed by atoms with van der Waals surface area (Å²) in [5, 5.41) is 42.7. The van der Waals surface area contributed by atoms with Crippen LogP contribution in [0.25, 0.3) is 0 Å². The number of likely N-dealkylation sites (tertiary alicyclic amines) is 1. The lowest BCUT2D eigenvalue weighted by atomic mass is 9.78. The molecule has 2 heterocycles. The number of ketones is 2. The molecule has 14 nitrogen and oxygen atoms in total. The van der Waals surface area contributed by atoms with Crippen LogP contribution in [-0.2, 0) is 42.9 Å². The Kier molecular flexibility index (Phi) is 23.0. The van der Waals surface area contributed by atoms with Crippen molar-refractivity contribution in [2.24, 2.45) is 23.7 Å². The van der Waals surface area contributed by atoms with Gasteiger partial charge >= 0.3 is 5.97 Å². The van der Waals surface area contributed by atoms with Crippen LogP contribution in [0.15, 0.2) is 65.8 Å². The van der Waals surface area contributed by atoms with Gasteiger partial charge in [-0.2, -0.15) is 0 Å². The zero-order valence-electron chi connectivity index (χ0n) is 41.3. The molecule has 1 saturated carbocycles. The molecule has 2 aliphatic heterocycles. The lowest BCUT2D eigenvalue weighted by Crippen LogP contribution is -2.61. The molecule has 376 valence electrons. The third-order valence-corrected chi connectivity index (χ3v) is 14.2. The van der Waals surface area contributed by atoms with Crippen LogP contribution < -0.4 is 0 Å². The van der Waals surface area contributed by atoms with Gasteiger partial charge in [0.1, 0.15) is 24.0 Å². The van der Waals surface area contributed by atoms with E-state index in [1.807, 2.05) is 76.3 Å². The first-order chi connectivity index (χ1) is 32.0. The van der Waals surface area contributed by atoms with Crippen LogP contribution in [0, 0.1) is 23.7 Å². The molecule has 3 aliphatic rings. The largest absolute Gasteiger partial charge is 0.460 e. The maximum atomic E-state index is 14.4. The van der Waals surface area contributed by atoms with Gasteiger partial charge in [-0.15, -0.1) is 0 Å². The number of hydrogen-bond donors (Lipinski definition) is 4.